The molecule has 35 heavy (non-hydrogen) atoms. The molecular formula is C26H28N2O6S. The van der Waals surface area contributed by atoms with Crippen molar-refractivity contribution in [2.75, 3.05) is 31.5 Å². The Balaban J connectivity index is 1.79. The number of nitrogens with one attached hydrogen (secondary N) is 2. The predicted octanol–water partition coefficient (Wildman–Crippen LogP) is 4.94. The van der Waals surface area contributed by atoms with Gasteiger partial charge < -0.3 is 24.8 Å². The number of para-hydroxylation sites is 1. The van der Waals surface area contributed by atoms with E-state index in [-0.39, 0.29) is 22.9 Å². The van der Waals surface area contributed by atoms with Crippen molar-refractivity contribution in [3.63, 3.8) is 0 Å². The largest absolute Gasteiger partial charge is 0.493 e. The molecule has 3 rings (SSSR count). The van der Waals surface area contributed by atoms with E-state index >= 15 is 0 Å². The summed E-state index contributed by atoms with van der Waals surface area (Å²) >= 11 is 1.27. The van der Waals surface area contributed by atoms with Crippen LogP contribution < -0.4 is 20.1 Å². The maximum atomic E-state index is 13.0. The zero-order valence-electron chi connectivity index (χ0n) is 20.1. The fourth-order valence-corrected chi connectivity index (χ4v) is 4.15. The van der Waals surface area contributed by atoms with Crippen LogP contribution in [0.5, 0.6) is 11.5 Å². The van der Waals surface area contributed by atoms with Crippen molar-refractivity contribution >= 4 is 40.5 Å². The lowest BCUT2D eigenvalue weighted by Gasteiger charge is -2.16. The Morgan fingerprint density at radius 3 is 2.11 bits per heavy atom. The zero-order valence-corrected chi connectivity index (χ0v) is 20.9. The van der Waals surface area contributed by atoms with Crippen LogP contribution in [0.1, 0.15) is 45.0 Å². The first-order valence-corrected chi connectivity index (χ1v) is 12.0. The van der Waals surface area contributed by atoms with Gasteiger partial charge in [-0.1, -0.05) is 38.1 Å². The van der Waals surface area contributed by atoms with Crippen LogP contribution in [0.2, 0.25) is 0 Å². The van der Waals surface area contributed by atoms with Gasteiger partial charge in [-0.3, -0.25) is 9.59 Å². The van der Waals surface area contributed by atoms with Crippen molar-refractivity contribution in [3.05, 3.63) is 69.4 Å². The molecule has 2 amide bonds. The second kappa shape index (κ2) is 12.0. The van der Waals surface area contributed by atoms with E-state index in [0.29, 0.717) is 10.6 Å². The molecule has 0 aliphatic carbocycles. The highest BCUT2D eigenvalue weighted by molar-refractivity contribution is 7.12. The number of anilines is 2. The second-order valence-electron chi connectivity index (χ2n) is 7.47. The number of hydrogen-bond acceptors (Lipinski definition) is 7. The maximum absolute atomic E-state index is 13.0. The molecule has 184 valence electrons. The molecule has 0 saturated heterocycles. The average Bonchev–Trinajstić information content (AvgIpc) is 3.42. The quantitative estimate of drug-likeness (QED) is 0.386. The number of carbonyl (C=O) groups excluding carboxylic acids is 3. The maximum Gasteiger partial charge on any atom is 0.340 e. The van der Waals surface area contributed by atoms with E-state index in [1.807, 2.05) is 32.0 Å². The molecule has 3 aromatic rings. The highest BCUT2D eigenvalue weighted by atomic mass is 32.1. The van der Waals surface area contributed by atoms with E-state index < -0.39 is 18.5 Å². The van der Waals surface area contributed by atoms with Crippen molar-refractivity contribution in [2.24, 2.45) is 0 Å². The zero-order chi connectivity index (χ0) is 25.4. The number of aryl methyl sites for hydroxylation is 2. The molecule has 8 nitrogen and oxygen atoms in total. The van der Waals surface area contributed by atoms with Gasteiger partial charge in [0.15, 0.2) is 18.1 Å². The number of amides is 2. The number of esters is 1. The summed E-state index contributed by atoms with van der Waals surface area (Å²) in [4.78, 5) is 38.7. The van der Waals surface area contributed by atoms with Gasteiger partial charge >= 0.3 is 5.97 Å². The molecule has 1 aromatic heterocycles. The lowest BCUT2D eigenvalue weighted by atomic mass is 10.0. The van der Waals surface area contributed by atoms with Crippen LogP contribution >= 0.6 is 11.3 Å². The van der Waals surface area contributed by atoms with E-state index in [2.05, 4.69) is 10.6 Å². The average molecular weight is 497 g/mol. The van der Waals surface area contributed by atoms with Crippen molar-refractivity contribution in [1.82, 2.24) is 0 Å². The summed E-state index contributed by atoms with van der Waals surface area (Å²) in [5.74, 6) is -1.03. The van der Waals surface area contributed by atoms with Crippen LogP contribution in [-0.4, -0.2) is 38.6 Å². The number of thiophene rings is 1. The molecule has 0 unspecified atom stereocenters. The lowest BCUT2D eigenvalue weighted by molar-refractivity contribution is -0.119. The number of hydrogen-bond donors (Lipinski definition) is 2. The fraction of sp³-hybridized carbons (Fsp3) is 0.269. The Labute approximate surface area is 208 Å². The van der Waals surface area contributed by atoms with Crippen molar-refractivity contribution in [2.45, 2.75) is 26.7 Å². The minimum atomic E-state index is -0.790. The molecule has 0 atom stereocenters. The third-order valence-corrected chi connectivity index (χ3v) is 6.20. The number of ether oxygens (including phenoxy) is 3. The van der Waals surface area contributed by atoms with E-state index in [4.69, 9.17) is 14.2 Å². The first-order valence-electron chi connectivity index (χ1n) is 11.1. The minimum absolute atomic E-state index is 0.0311. The summed E-state index contributed by atoms with van der Waals surface area (Å²) in [5.41, 5.74) is 2.96. The van der Waals surface area contributed by atoms with Gasteiger partial charge in [0, 0.05) is 17.8 Å². The van der Waals surface area contributed by atoms with Gasteiger partial charge in [0.2, 0.25) is 0 Å². The first-order chi connectivity index (χ1) is 16.9. The standard InChI is InChI=1S/C26H28N2O6S/c1-5-16-9-7-10-17(6-2)24(16)28-23(29)15-34-26(31)18-13-20(32-3)21(33-4)14-19(18)27-25(30)22-11-8-12-35-22/h7-14H,5-6,15H2,1-4H3,(H,27,30)(H,28,29). The highest BCUT2D eigenvalue weighted by Crippen LogP contribution is 2.34. The van der Waals surface area contributed by atoms with Crippen LogP contribution in [0.4, 0.5) is 11.4 Å². The molecule has 0 saturated carbocycles. The van der Waals surface area contributed by atoms with Gasteiger partial charge in [-0.15, -0.1) is 11.3 Å². The van der Waals surface area contributed by atoms with E-state index in [0.717, 1.165) is 29.7 Å². The molecular weight excluding hydrogens is 468 g/mol. The third-order valence-electron chi connectivity index (χ3n) is 5.33. The second-order valence-corrected chi connectivity index (χ2v) is 8.41. The van der Waals surface area contributed by atoms with Crippen molar-refractivity contribution < 1.29 is 28.6 Å². The highest BCUT2D eigenvalue weighted by Gasteiger charge is 2.22. The van der Waals surface area contributed by atoms with Gasteiger partial charge in [-0.25, -0.2) is 4.79 Å². The fourth-order valence-electron chi connectivity index (χ4n) is 3.53. The van der Waals surface area contributed by atoms with E-state index in [1.165, 1.54) is 37.7 Å². The SMILES string of the molecule is CCc1cccc(CC)c1NC(=O)COC(=O)c1cc(OC)c(OC)cc1NC(=O)c1cccs1. The molecule has 0 aliphatic rings. The summed E-state index contributed by atoms with van der Waals surface area (Å²) in [6, 6.07) is 12.2. The Morgan fingerprint density at radius 1 is 0.886 bits per heavy atom. The van der Waals surface area contributed by atoms with Crippen LogP contribution in [0, 0.1) is 0 Å². The summed E-state index contributed by atoms with van der Waals surface area (Å²) in [7, 11) is 2.88. The number of benzene rings is 2. The molecule has 0 bridgehead atoms. The van der Waals surface area contributed by atoms with Crippen LogP contribution in [0.3, 0.4) is 0 Å². The van der Waals surface area contributed by atoms with Gasteiger partial charge in [-0.05, 0) is 35.4 Å². The third kappa shape index (κ3) is 6.19. The Bertz CT molecular complexity index is 1180. The molecule has 2 N–H and O–H groups in total. The van der Waals surface area contributed by atoms with E-state index in [9.17, 15) is 14.4 Å². The molecule has 0 aliphatic heterocycles. The molecule has 0 spiro atoms. The molecule has 9 heteroatoms. The summed E-state index contributed by atoms with van der Waals surface area (Å²) < 4.78 is 15.9. The van der Waals surface area contributed by atoms with Crippen LogP contribution in [0.15, 0.2) is 47.8 Å². The summed E-state index contributed by atoms with van der Waals surface area (Å²) in [5, 5.41) is 7.35. The van der Waals surface area contributed by atoms with Crippen LogP contribution in [0.25, 0.3) is 0 Å². The molecule has 2 aromatic carbocycles. The Kier molecular flexibility index (Phi) is 8.86. The number of methoxy groups -OCH3 is 2. The normalized spacial score (nSPS) is 10.4. The smallest absolute Gasteiger partial charge is 0.340 e. The Hall–Kier alpha value is -3.85. The number of rotatable bonds is 10. The van der Waals surface area contributed by atoms with Crippen molar-refractivity contribution in [1.29, 1.82) is 0 Å². The molecule has 0 fully saturated rings. The predicted molar refractivity (Wildman–Crippen MR) is 136 cm³/mol. The van der Waals surface area contributed by atoms with Gasteiger partial charge in [0.05, 0.1) is 30.3 Å². The molecule has 0 radical (unpaired) electrons. The van der Waals surface area contributed by atoms with Gasteiger partial charge in [0.1, 0.15) is 0 Å². The summed E-state index contributed by atoms with van der Waals surface area (Å²) in [6.07, 6.45) is 1.50. The summed E-state index contributed by atoms with van der Waals surface area (Å²) in [6.45, 7) is 3.52. The van der Waals surface area contributed by atoms with Gasteiger partial charge in [0.25, 0.3) is 11.8 Å². The topological polar surface area (TPSA) is 103 Å². The minimum Gasteiger partial charge on any atom is -0.493 e. The van der Waals surface area contributed by atoms with Crippen LogP contribution in [-0.2, 0) is 22.4 Å². The first kappa shape index (κ1) is 25.8. The van der Waals surface area contributed by atoms with E-state index in [1.54, 1.807) is 17.5 Å². The number of carbonyl (C=O) groups is 3. The Morgan fingerprint density at radius 2 is 1.54 bits per heavy atom. The molecule has 1 heterocycles. The van der Waals surface area contributed by atoms with Crippen molar-refractivity contribution in [3.8, 4) is 11.5 Å². The van der Waals surface area contributed by atoms with Gasteiger partial charge in [-0.2, -0.15) is 0 Å². The monoisotopic (exact) mass is 496 g/mol. The lowest BCUT2D eigenvalue weighted by Crippen LogP contribution is -2.23.